The Morgan fingerprint density at radius 1 is 1.00 bits per heavy atom. The van der Waals surface area contributed by atoms with Crippen LogP contribution in [-0.2, 0) is 4.79 Å². The number of carbonyl (C=O) groups excluding carboxylic acids is 1. The van der Waals surface area contributed by atoms with Gasteiger partial charge in [-0.25, -0.2) is 4.68 Å². The fourth-order valence-electron chi connectivity index (χ4n) is 4.17. The predicted octanol–water partition coefficient (Wildman–Crippen LogP) is 5.01. The molecule has 0 aliphatic carbocycles. The molecule has 4 heterocycles. The molecule has 8 heteroatoms. The Labute approximate surface area is 199 Å². The van der Waals surface area contributed by atoms with Gasteiger partial charge in [0.15, 0.2) is 17.6 Å². The van der Waals surface area contributed by atoms with Gasteiger partial charge in [-0.3, -0.25) is 4.79 Å². The molecule has 0 bridgehead atoms. The van der Waals surface area contributed by atoms with Crippen molar-refractivity contribution in [2.45, 2.75) is 11.5 Å². The van der Waals surface area contributed by atoms with Crippen molar-refractivity contribution in [3.8, 4) is 27.8 Å². The van der Waals surface area contributed by atoms with E-state index in [1.54, 1.807) is 23.1 Å². The highest BCUT2D eigenvalue weighted by Crippen LogP contribution is 2.44. The fourth-order valence-corrected chi connectivity index (χ4v) is 6.10. The Kier molecular flexibility index (Phi) is 5.32. The number of nitrogens with zero attached hydrogens (tertiary/aromatic N) is 3. The maximum Gasteiger partial charge on any atom is 0.233 e. The molecule has 2 aliphatic rings. The molecule has 0 saturated carbocycles. The average molecular weight is 476 g/mol. The molecule has 2 atom stereocenters. The van der Waals surface area contributed by atoms with Gasteiger partial charge in [-0.1, -0.05) is 36.4 Å². The summed E-state index contributed by atoms with van der Waals surface area (Å²) in [6.45, 7) is 0.879. The summed E-state index contributed by atoms with van der Waals surface area (Å²) >= 11 is 3.29. The van der Waals surface area contributed by atoms with Crippen LogP contribution < -0.4 is 9.47 Å². The number of hydrogen-bond donors (Lipinski definition) is 0. The molecule has 33 heavy (non-hydrogen) atoms. The number of rotatable bonds is 5. The highest BCUT2D eigenvalue weighted by Gasteiger charge is 2.38. The van der Waals surface area contributed by atoms with E-state index in [2.05, 4.69) is 17.6 Å². The van der Waals surface area contributed by atoms with Gasteiger partial charge in [-0.05, 0) is 35.7 Å². The van der Waals surface area contributed by atoms with Crippen LogP contribution in [0.2, 0.25) is 0 Å². The lowest BCUT2D eigenvalue weighted by molar-refractivity contribution is -0.129. The Balaban J connectivity index is 1.32. The first-order valence-corrected chi connectivity index (χ1v) is 12.7. The van der Waals surface area contributed by atoms with Crippen LogP contribution in [0.4, 0.5) is 0 Å². The van der Waals surface area contributed by atoms with Crippen LogP contribution >= 0.6 is 23.1 Å². The minimum Gasteiger partial charge on any atom is -0.486 e. The second-order valence-electron chi connectivity index (χ2n) is 7.90. The van der Waals surface area contributed by atoms with Crippen LogP contribution in [0.1, 0.15) is 10.9 Å². The first-order valence-electron chi connectivity index (χ1n) is 10.7. The van der Waals surface area contributed by atoms with Crippen molar-refractivity contribution in [1.82, 2.24) is 14.7 Å². The second kappa shape index (κ2) is 8.61. The van der Waals surface area contributed by atoms with Crippen molar-refractivity contribution < 1.29 is 14.3 Å². The maximum atomic E-state index is 12.9. The third-order valence-corrected chi connectivity index (χ3v) is 7.83. The topological polar surface area (TPSA) is 56.6 Å². The van der Waals surface area contributed by atoms with Crippen LogP contribution in [0.15, 0.2) is 78.3 Å². The van der Waals surface area contributed by atoms with Gasteiger partial charge in [0.1, 0.15) is 17.7 Å². The molecule has 1 fully saturated rings. The summed E-state index contributed by atoms with van der Waals surface area (Å²) in [5, 5.41) is 6.84. The van der Waals surface area contributed by atoms with Gasteiger partial charge >= 0.3 is 0 Å². The summed E-state index contributed by atoms with van der Waals surface area (Å²) in [5.41, 5.74) is 2.94. The van der Waals surface area contributed by atoms with Crippen molar-refractivity contribution >= 4 is 29.0 Å². The number of fused-ring (bicyclic) bond motifs is 1. The number of benzene rings is 2. The van der Waals surface area contributed by atoms with E-state index in [0.29, 0.717) is 18.9 Å². The minimum atomic E-state index is -0.223. The van der Waals surface area contributed by atoms with E-state index in [1.165, 1.54) is 0 Å². The molecule has 166 valence electrons. The van der Waals surface area contributed by atoms with E-state index in [4.69, 9.17) is 14.6 Å². The minimum absolute atomic E-state index is 0.108. The Morgan fingerprint density at radius 2 is 1.82 bits per heavy atom. The third-order valence-electron chi connectivity index (χ3n) is 5.72. The standard InChI is InChI=1S/C25H21N3O3S2/c29-23-16-33-25(27(23)13-18-15-30-20-9-4-5-10-21(20)31-18)19-14-28(17-7-2-1-3-8-17)26-24(19)22-11-6-12-32-22/h1-12,14,18,25H,13,15-16H2/t18-,25+/m1/s1. The third kappa shape index (κ3) is 3.89. The van der Waals surface area contributed by atoms with Gasteiger partial charge < -0.3 is 14.4 Å². The van der Waals surface area contributed by atoms with E-state index in [0.717, 1.165) is 33.3 Å². The van der Waals surface area contributed by atoms with Crippen LogP contribution in [0.3, 0.4) is 0 Å². The summed E-state index contributed by atoms with van der Waals surface area (Å²) in [7, 11) is 0. The highest BCUT2D eigenvalue weighted by atomic mass is 32.2. The van der Waals surface area contributed by atoms with Crippen molar-refractivity contribution in [2.24, 2.45) is 0 Å². The number of ether oxygens (including phenoxy) is 2. The molecule has 6 nitrogen and oxygen atoms in total. The van der Waals surface area contributed by atoms with Gasteiger partial charge in [0.2, 0.25) is 5.91 Å². The monoisotopic (exact) mass is 475 g/mol. The van der Waals surface area contributed by atoms with Gasteiger partial charge in [-0.15, -0.1) is 23.1 Å². The first-order chi connectivity index (χ1) is 16.3. The molecule has 2 aromatic carbocycles. The molecule has 4 aromatic rings. The normalized spacial score (nSPS) is 19.8. The Hall–Kier alpha value is -3.23. The number of carbonyl (C=O) groups is 1. The number of thiophene rings is 1. The zero-order valence-corrected chi connectivity index (χ0v) is 19.3. The molecular weight excluding hydrogens is 454 g/mol. The molecule has 1 saturated heterocycles. The van der Waals surface area contributed by atoms with Gasteiger partial charge in [-0.2, -0.15) is 5.10 Å². The van der Waals surface area contributed by atoms with Crippen LogP contribution in [0.25, 0.3) is 16.3 Å². The first kappa shape index (κ1) is 20.4. The van der Waals surface area contributed by atoms with Crippen molar-refractivity contribution in [3.05, 3.63) is 83.9 Å². The summed E-state index contributed by atoms with van der Waals surface area (Å²) in [6.07, 6.45) is 1.83. The SMILES string of the molecule is O=C1CS[C@@H](c2cn(-c3ccccc3)nc2-c2cccs2)N1C[C@@H]1COc2ccccc2O1. The molecule has 0 radical (unpaired) electrons. The zero-order valence-electron chi connectivity index (χ0n) is 17.7. The number of amides is 1. The van der Waals surface area contributed by atoms with Gasteiger partial charge in [0, 0.05) is 11.8 Å². The molecule has 0 N–H and O–H groups in total. The summed E-state index contributed by atoms with van der Waals surface area (Å²) < 4.78 is 13.9. The molecule has 6 rings (SSSR count). The van der Waals surface area contributed by atoms with E-state index in [1.807, 2.05) is 70.2 Å². The van der Waals surface area contributed by atoms with E-state index in [-0.39, 0.29) is 17.4 Å². The summed E-state index contributed by atoms with van der Waals surface area (Å²) in [6, 6.07) is 21.8. The molecule has 1 amide bonds. The smallest absolute Gasteiger partial charge is 0.233 e. The Morgan fingerprint density at radius 3 is 2.64 bits per heavy atom. The van der Waals surface area contributed by atoms with Crippen molar-refractivity contribution in [2.75, 3.05) is 18.9 Å². The van der Waals surface area contributed by atoms with Crippen molar-refractivity contribution in [1.29, 1.82) is 0 Å². The summed E-state index contributed by atoms with van der Waals surface area (Å²) in [5.74, 6) is 2.02. The molecule has 0 spiro atoms. The molecule has 2 aromatic heterocycles. The zero-order chi connectivity index (χ0) is 22.2. The van der Waals surface area contributed by atoms with E-state index < -0.39 is 0 Å². The second-order valence-corrected chi connectivity index (χ2v) is 9.91. The van der Waals surface area contributed by atoms with Crippen LogP contribution in [-0.4, -0.2) is 45.6 Å². The Bertz CT molecular complexity index is 1270. The van der Waals surface area contributed by atoms with Crippen LogP contribution in [0.5, 0.6) is 11.5 Å². The maximum absolute atomic E-state index is 12.9. The fraction of sp³-hybridized carbons (Fsp3) is 0.200. The number of para-hydroxylation sites is 3. The van der Waals surface area contributed by atoms with Gasteiger partial charge in [0.05, 0.1) is 22.9 Å². The highest BCUT2D eigenvalue weighted by molar-refractivity contribution is 8.00. The van der Waals surface area contributed by atoms with E-state index in [9.17, 15) is 4.79 Å². The lowest BCUT2D eigenvalue weighted by Crippen LogP contribution is -2.42. The lowest BCUT2D eigenvalue weighted by atomic mass is 10.2. The quantitative estimate of drug-likeness (QED) is 0.406. The van der Waals surface area contributed by atoms with E-state index >= 15 is 0 Å². The largest absolute Gasteiger partial charge is 0.486 e. The number of hydrogen-bond acceptors (Lipinski definition) is 6. The number of thioether (sulfide) groups is 1. The van der Waals surface area contributed by atoms with Crippen LogP contribution in [0, 0.1) is 0 Å². The predicted molar refractivity (Wildman–Crippen MR) is 130 cm³/mol. The molecule has 2 aliphatic heterocycles. The average Bonchev–Trinajstić information content (AvgIpc) is 3.60. The lowest BCUT2D eigenvalue weighted by Gasteiger charge is -2.31. The van der Waals surface area contributed by atoms with Gasteiger partial charge in [0.25, 0.3) is 0 Å². The molecule has 0 unspecified atom stereocenters. The number of aromatic nitrogens is 2. The van der Waals surface area contributed by atoms with Crippen molar-refractivity contribution in [3.63, 3.8) is 0 Å². The molecular formula is C25H21N3O3S2. The summed E-state index contributed by atoms with van der Waals surface area (Å²) in [4.78, 5) is 15.9.